The van der Waals surface area contributed by atoms with E-state index in [4.69, 9.17) is 4.42 Å². The SMILES string of the molecule is CC(O)(CNC(=O)Cc1ccc(Br)s1)c1ccco1. The number of hydrogen-bond acceptors (Lipinski definition) is 4. The maximum absolute atomic E-state index is 11.8. The molecule has 0 radical (unpaired) electrons. The summed E-state index contributed by atoms with van der Waals surface area (Å²) in [7, 11) is 0. The van der Waals surface area contributed by atoms with Gasteiger partial charge in [0.25, 0.3) is 0 Å². The average molecular weight is 344 g/mol. The molecule has 2 rings (SSSR count). The van der Waals surface area contributed by atoms with E-state index in [0.717, 1.165) is 8.66 Å². The van der Waals surface area contributed by atoms with Gasteiger partial charge < -0.3 is 14.8 Å². The first kappa shape index (κ1) is 14.3. The van der Waals surface area contributed by atoms with Crippen molar-refractivity contribution in [1.82, 2.24) is 5.32 Å². The van der Waals surface area contributed by atoms with Crippen molar-refractivity contribution in [2.45, 2.75) is 18.9 Å². The van der Waals surface area contributed by atoms with E-state index in [2.05, 4.69) is 21.2 Å². The molecule has 0 saturated carbocycles. The van der Waals surface area contributed by atoms with Crippen molar-refractivity contribution in [2.24, 2.45) is 0 Å². The van der Waals surface area contributed by atoms with E-state index in [9.17, 15) is 9.90 Å². The largest absolute Gasteiger partial charge is 0.466 e. The molecular formula is C13H14BrNO3S. The zero-order valence-corrected chi connectivity index (χ0v) is 12.8. The summed E-state index contributed by atoms with van der Waals surface area (Å²) < 4.78 is 6.14. The number of thiophene rings is 1. The zero-order valence-electron chi connectivity index (χ0n) is 10.4. The summed E-state index contributed by atoms with van der Waals surface area (Å²) in [6.45, 7) is 1.72. The number of carbonyl (C=O) groups is 1. The van der Waals surface area contributed by atoms with Gasteiger partial charge in [-0.3, -0.25) is 4.79 Å². The first-order valence-electron chi connectivity index (χ1n) is 5.75. The number of halogens is 1. The lowest BCUT2D eigenvalue weighted by atomic mass is 10.0. The van der Waals surface area contributed by atoms with E-state index in [0.29, 0.717) is 12.2 Å². The summed E-state index contributed by atoms with van der Waals surface area (Å²) >= 11 is 4.88. The van der Waals surface area contributed by atoms with Gasteiger partial charge in [-0.15, -0.1) is 11.3 Å². The fourth-order valence-electron chi connectivity index (χ4n) is 1.61. The van der Waals surface area contributed by atoms with Crippen LogP contribution in [0.3, 0.4) is 0 Å². The molecular weight excluding hydrogens is 330 g/mol. The fraction of sp³-hybridized carbons (Fsp3) is 0.308. The molecule has 4 nitrogen and oxygen atoms in total. The number of rotatable bonds is 5. The molecule has 2 aromatic rings. The summed E-state index contributed by atoms with van der Waals surface area (Å²) in [6.07, 6.45) is 1.80. The first-order chi connectivity index (χ1) is 8.97. The Kier molecular flexibility index (Phi) is 4.44. The molecule has 0 aliphatic carbocycles. The highest BCUT2D eigenvalue weighted by molar-refractivity contribution is 9.11. The van der Waals surface area contributed by atoms with Gasteiger partial charge in [0.05, 0.1) is 23.0 Å². The molecule has 0 bridgehead atoms. The van der Waals surface area contributed by atoms with Crippen molar-refractivity contribution >= 4 is 33.2 Å². The van der Waals surface area contributed by atoms with Crippen molar-refractivity contribution in [3.63, 3.8) is 0 Å². The predicted molar refractivity (Wildman–Crippen MR) is 77.0 cm³/mol. The maximum atomic E-state index is 11.8. The third-order valence-corrected chi connectivity index (χ3v) is 4.27. The fourth-order valence-corrected chi connectivity index (χ4v) is 3.09. The highest BCUT2D eigenvalue weighted by Gasteiger charge is 2.26. The van der Waals surface area contributed by atoms with E-state index < -0.39 is 5.60 Å². The quantitative estimate of drug-likeness (QED) is 0.877. The standard InChI is InChI=1S/C13H14BrNO3S/c1-13(17,10-3-2-6-18-10)8-15-12(16)7-9-4-5-11(14)19-9/h2-6,17H,7-8H2,1H3,(H,15,16). The van der Waals surface area contributed by atoms with Crippen LogP contribution in [0.1, 0.15) is 17.6 Å². The van der Waals surface area contributed by atoms with Crippen LogP contribution in [0.15, 0.2) is 38.7 Å². The molecule has 0 saturated heterocycles. The molecule has 19 heavy (non-hydrogen) atoms. The molecule has 1 unspecified atom stereocenters. The Balaban J connectivity index is 1.87. The molecule has 0 aromatic carbocycles. The summed E-state index contributed by atoms with van der Waals surface area (Å²) in [4.78, 5) is 12.8. The summed E-state index contributed by atoms with van der Waals surface area (Å²) in [5.41, 5.74) is -1.20. The second kappa shape index (κ2) is 5.90. The van der Waals surface area contributed by atoms with Crippen LogP contribution in [0.4, 0.5) is 0 Å². The number of hydrogen-bond donors (Lipinski definition) is 2. The summed E-state index contributed by atoms with van der Waals surface area (Å²) in [5.74, 6) is 0.313. The highest BCUT2D eigenvalue weighted by Crippen LogP contribution is 2.23. The molecule has 0 aliphatic heterocycles. The molecule has 0 fully saturated rings. The Morgan fingerprint density at radius 2 is 2.32 bits per heavy atom. The monoisotopic (exact) mass is 343 g/mol. The van der Waals surface area contributed by atoms with Crippen molar-refractivity contribution in [3.8, 4) is 0 Å². The molecule has 6 heteroatoms. The van der Waals surface area contributed by atoms with Gasteiger partial charge in [-0.25, -0.2) is 0 Å². The van der Waals surface area contributed by atoms with Gasteiger partial charge in [0.1, 0.15) is 11.4 Å². The lowest BCUT2D eigenvalue weighted by Crippen LogP contribution is -2.38. The maximum Gasteiger partial charge on any atom is 0.225 e. The van der Waals surface area contributed by atoms with Gasteiger partial charge in [0, 0.05) is 4.88 Å². The Morgan fingerprint density at radius 3 is 2.89 bits per heavy atom. The molecule has 1 amide bonds. The van der Waals surface area contributed by atoms with Gasteiger partial charge in [-0.05, 0) is 47.1 Å². The van der Waals surface area contributed by atoms with E-state index in [-0.39, 0.29) is 12.5 Å². The third-order valence-electron chi connectivity index (χ3n) is 2.65. The normalized spacial score (nSPS) is 14.1. The van der Waals surface area contributed by atoms with Gasteiger partial charge >= 0.3 is 0 Å². The zero-order chi connectivity index (χ0) is 13.9. The molecule has 102 valence electrons. The smallest absolute Gasteiger partial charge is 0.225 e. The van der Waals surface area contributed by atoms with Crippen LogP contribution in [0, 0.1) is 0 Å². The van der Waals surface area contributed by atoms with E-state index in [1.807, 2.05) is 12.1 Å². The molecule has 1 atom stereocenters. The lowest BCUT2D eigenvalue weighted by Gasteiger charge is -2.21. The second-order valence-electron chi connectivity index (χ2n) is 4.41. The van der Waals surface area contributed by atoms with Crippen molar-refractivity contribution in [3.05, 3.63) is 45.0 Å². The van der Waals surface area contributed by atoms with Gasteiger partial charge in [0.15, 0.2) is 0 Å². The van der Waals surface area contributed by atoms with Crippen LogP contribution in [0.2, 0.25) is 0 Å². The third kappa shape index (κ3) is 3.92. The number of furan rings is 1. The van der Waals surface area contributed by atoms with Crippen LogP contribution in [-0.2, 0) is 16.8 Å². The lowest BCUT2D eigenvalue weighted by molar-refractivity contribution is -0.121. The Hall–Kier alpha value is -1.11. The average Bonchev–Trinajstić information content (AvgIpc) is 2.98. The minimum Gasteiger partial charge on any atom is -0.466 e. The number of amides is 1. The number of nitrogens with one attached hydrogen (secondary N) is 1. The van der Waals surface area contributed by atoms with Gasteiger partial charge in [0.2, 0.25) is 5.91 Å². The Bertz CT molecular complexity index is 548. The highest BCUT2D eigenvalue weighted by atomic mass is 79.9. The van der Waals surface area contributed by atoms with Crippen LogP contribution in [0.5, 0.6) is 0 Å². The van der Waals surface area contributed by atoms with Gasteiger partial charge in [-0.1, -0.05) is 0 Å². The van der Waals surface area contributed by atoms with Crippen LogP contribution >= 0.6 is 27.3 Å². The predicted octanol–water partition coefficient (Wildman–Crippen LogP) is 2.67. The van der Waals surface area contributed by atoms with Crippen molar-refractivity contribution < 1.29 is 14.3 Å². The van der Waals surface area contributed by atoms with Gasteiger partial charge in [-0.2, -0.15) is 0 Å². The molecule has 2 aromatic heterocycles. The topological polar surface area (TPSA) is 62.5 Å². The van der Waals surface area contributed by atoms with E-state index in [1.54, 1.807) is 19.1 Å². The molecule has 0 spiro atoms. The number of carbonyl (C=O) groups excluding carboxylic acids is 1. The molecule has 2 N–H and O–H groups in total. The van der Waals surface area contributed by atoms with Crippen LogP contribution < -0.4 is 5.32 Å². The van der Waals surface area contributed by atoms with E-state index >= 15 is 0 Å². The Morgan fingerprint density at radius 1 is 1.53 bits per heavy atom. The van der Waals surface area contributed by atoms with Crippen molar-refractivity contribution in [2.75, 3.05) is 6.54 Å². The summed E-state index contributed by atoms with van der Waals surface area (Å²) in [5, 5.41) is 12.9. The van der Waals surface area contributed by atoms with Crippen LogP contribution in [0.25, 0.3) is 0 Å². The first-order valence-corrected chi connectivity index (χ1v) is 7.35. The minimum atomic E-state index is -1.20. The van der Waals surface area contributed by atoms with Crippen molar-refractivity contribution in [1.29, 1.82) is 0 Å². The minimum absolute atomic E-state index is 0.117. The van der Waals surface area contributed by atoms with E-state index in [1.165, 1.54) is 17.6 Å². The number of aliphatic hydroxyl groups is 1. The molecule has 2 heterocycles. The summed E-state index contributed by atoms with van der Waals surface area (Å²) in [6, 6.07) is 7.20. The Labute approximate surface area is 123 Å². The molecule has 0 aliphatic rings. The second-order valence-corrected chi connectivity index (χ2v) is 6.96. The van der Waals surface area contributed by atoms with Crippen LogP contribution in [-0.4, -0.2) is 17.6 Å².